The number of carboxylic acid groups (broad SMARTS) is 1. The number of amides is 1. The molecule has 10 nitrogen and oxygen atoms in total. The predicted octanol–water partition coefficient (Wildman–Crippen LogP) is 3.71. The molecule has 4 aromatic rings. The molecule has 38 heavy (non-hydrogen) atoms. The summed E-state index contributed by atoms with van der Waals surface area (Å²) in [4.78, 5) is 32.6. The fourth-order valence-corrected chi connectivity index (χ4v) is 4.21. The fourth-order valence-electron chi connectivity index (χ4n) is 4.21. The molecule has 2 heterocycles. The molecular formula is C28H29N5O5. The summed E-state index contributed by atoms with van der Waals surface area (Å²) in [5.41, 5.74) is 2.07. The number of hydrogen-bond donors (Lipinski definition) is 4. The predicted molar refractivity (Wildman–Crippen MR) is 145 cm³/mol. The number of fused-ring (bicyclic) bond motifs is 2. The third kappa shape index (κ3) is 6.39. The second-order valence-electron chi connectivity index (χ2n) is 9.08. The highest BCUT2D eigenvalue weighted by molar-refractivity contribution is 5.97. The number of nitrogens with zero attached hydrogens (tertiary/aromatic N) is 2. The van der Waals surface area contributed by atoms with Crippen molar-refractivity contribution in [2.45, 2.75) is 31.7 Å². The Bertz CT molecular complexity index is 1410. The number of nitrogens with one attached hydrogen (secondary N) is 3. The van der Waals surface area contributed by atoms with Crippen molar-refractivity contribution in [3.05, 3.63) is 66.2 Å². The van der Waals surface area contributed by atoms with Crippen LogP contribution in [-0.2, 0) is 16.0 Å². The summed E-state index contributed by atoms with van der Waals surface area (Å²) in [5, 5.41) is 20.6. The summed E-state index contributed by atoms with van der Waals surface area (Å²) in [6.45, 7) is 1.92. The number of oxazole rings is 1. The zero-order valence-electron chi connectivity index (χ0n) is 20.8. The largest absolute Gasteiger partial charge is 0.494 e. The van der Waals surface area contributed by atoms with Gasteiger partial charge in [-0.2, -0.15) is 4.98 Å². The van der Waals surface area contributed by atoms with Gasteiger partial charge in [-0.15, -0.1) is 0 Å². The third-order valence-corrected chi connectivity index (χ3v) is 6.19. The quantitative estimate of drug-likeness (QED) is 0.235. The van der Waals surface area contributed by atoms with E-state index in [0.717, 1.165) is 35.8 Å². The molecule has 1 atom stereocenters. The van der Waals surface area contributed by atoms with Crippen LogP contribution in [0.1, 0.15) is 24.8 Å². The number of rotatable bonds is 10. The highest BCUT2D eigenvalue weighted by Gasteiger charge is 2.21. The number of anilines is 1. The van der Waals surface area contributed by atoms with Gasteiger partial charge in [0.05, 0.1) is 6.61 Å². The van der Waals surface area contributed by atoms with E-state index in [0.29, 0.717) is 42.3 Å². The van der Waals surface area contributed by atoms with Crippen molar-refractivity contribution in [3.8, 4) is 5.75 Å². The maximum atomic E-state index is 12.0. The molecule has 0 saturated carbocycles. The molecule has 0 radical (unpaired) electrons. The maximum Gasteiger partial charge on any atom is 0.326 e. The Morgan fingerprint density at radius 3 is 2.63 bits per heavy atom. The van der Waals surface area contributed by atoms with Crippen molar-refractivity contribution in [3.63, 3.8) is 0 Å². The van der Waals surface area contributed by atoms with E-state index in [4.69, 9.17) is 9.15 Å². The van der Waals surface area contributed by atoms with Crippen molar-refractivity contribution < 1.29 is 23.8 Å². The SMILES string of the molecule is O=C(CCCOc1ccc(C[C@H](Nc2nc3cc4ccccc4cc3o2)C(=O)O)cc1)NC1=NCCCN1. The minimum absolute atomic E-state index is 0.100. The molecule has 1 aromatic heterocycles. The van der Waals surface area contributed by atoms with Gasteiger partial charge in [-0.3, -0.25) is 15.1 Å². The number of hydrogen-bond acceptors (Lipinski definition) is 8. The van der Waals surface area contributed by atoms with Gasteiger partial charge in [0.2, 0.25) is 5.91 Å². The van der Waals surface area contributed by atoms with Crippen molar-refractivity contribution in [2.75, 3.05) is 25.0 Å². The van der Waals surface area contributed by atoms with E-state index in [2.05, 4.69) is 25.9 Å². The zero-order chi connectivity index (χ0) is 26.3. The Balaban J connectivity index is 1.12. The van der Waals surface area contributed by atoms with Gasteiger partial charge in [-0.25, -0.2) is 4.79 Å². The molecule has 0 bridgehead atoms. The lowest BCUT2D eigenvalue weighted by atomic mass is 10.1. The smallest absolute Gasteiger partial charge is 0.326 e. The first-order chi connectivity index (χ1) is 18.5. The molecule has 0 aliphatic carbocycles. The molecule has 10 heteroatoms. The van der Waals surface area contributed by atoms with Gasteiger partial charge in [0.15, 0.2) is 11.5 Å². The maximum absolute atomic E-state index is 12.0. The highest BCUT2D eigenvalue weighted by atomic mass is 16.5. The van der Waals surface area contributed by atoms with Crippen molar-refractivity contribution in [2.24, 2.45) is 4.99 Å². The number of carbonyl (C=O) groups is 2. The Morgan fingerprint density at radius 1 is 1.11 bits per heavy atom. The number of carboxylic acids is 1. The van der Waals surface area contributed by atoms with Crippen LogP contribution in [0, 0.1) is 0 Å². The summed E-state index contributed by atoms with van der Waals surface area (Å²) in [6, 6.07) is 18.2. The minimum atomic E-state index is -1.01. The summed E-state index contributed by atoms with van der Waals surface area (Å²) in [6.07, 6.45) is 2.09. The van der Waals surface area contributed by atoms with Crippen LogP contribution in [0.5, 0.6) is 5.75 Å². The lowest BCUT2D eigenvalue weighted by molar-refractivity contribution is -0.138. The van der Waals surface area contributed by atoms with E-state index < -0.39 is 12.0 Å². The second-order valence-corrected chi connectivity index (χ2v) is 9.08. The highest BCUT2D eigenvalue weighted by Crippen LogP contribution is 2.26. The molecule has 1 aliphatic rings. The van der Waals surface area contributed by atoms with Gasteiger partial charge >= 0.3 is 5.97 Å². The number of aliphatic carboxylic acids is 1. The van der Waals surface area contributed by atoms with Crippen molar-refractivity contribution in [1.82, 2.24) is 15.6 Å². The lowest BCUT2D eigenvalue weighted by Gasteiger charge is -2.15. The second kappa shape index (κ2) is 11.6. The molecule has 196 valence electrons. The first-order valence-electron chi connectivity index (χ1n) is 12.6. The number of guanidine groups is 1. The van der Waals surface area contributed by atoms with Gasteiger partial charge in [0.1, 0.15) is 17.3 Å². The first-order valence-corrected chi connectivity index (χ1v) is 12.6. The van der Waals surface area contributed by atoms with E-state index in [1.54, 1.807) is 12.1 Å². The lowest BCUT2D eigenvalue weighted by Crippen LogP contribution is -2.43. The minimum Gasteiger partial charge on any atom is -0.494 e. The fraction of sp³-hybridized carbons (Fsp3) is 0.286. The molecule has 0 unspecified atom stereocenters. The number of carbonyl (C=O) groups excluding carboxylic acids is 1. The van der Waals surface area contributed by atoms with E-state index in [1.165, 1.54) is 0 Å². The molecule has 0 fully saturated rings. The van der Waals surface area contributed by atoms with Crippen LogP contribution in [0.2, 0.25) is 0 Å². The van der Waals surface area contributed by atoms with Crippen LogP contribution in [0.4, 0.5) is 6.01 Å². The summed E-state index contributed by atoms with van der Waals surface area (Å²) >= 11 is 0. The Morgan fingerprint density at radius 2 is 1.89 bits per heavy atom. The number of ether oxygens (including phenoxy) is 1. The van der Waals surface area contributed by atoms with E-state index in [-0.39, 0.29) is 18.3 Å². The van der Waals surface area contributed by atoms with Gasteiger partial charge in [0, 0.05) is 25.9 Å². The third-order valence-electron chi connectivity index (χ3n) is 6.19. The van der Waals surface area contributed by atoms with Crippen LogP contribution < -0.4 is 20.7 Å². The van der Waals surface area contributed by atoms with Crippen LogP contribution in [0.15, 0.2) is 70.1 Å². The van der Waals surface area contributed by atoms with E-state index >= 15 is 0 Å². The molecule has 4 N–H and O–H groups in total. The van der Waals surface area contributed by atoms with Crippen LogP contribution in [0.3, 0.4) is 0 Å². The molecule has 1 aliphatic heterocycles. The van der Waals surface area contributed by atoms with Gasteiger partial charge < -0.3 is 24.9 Å². The van der Waals surface area contributed by atoms with E-state index in [9.17, 15) is 14.7 Å². The molecule has 1 amide bonds. The summed E-state index contributed by atoms with van der Waals surface area (Å²) in [7, 11) is 0. The molecule has 0 spiro atoms. The van der Waals surface area contributed by atoms with Gasteiger partial charge in [-0.1, -0.05) is 36.4 Å². The molecular weight excluding hydrogens is 486 g/mol. The Hall–Kier alpha value is -4.60. The number of aromatic nitrogens is 1. The van der Waals surface area contributed by atoms with Gasteiger partial charge in [-0.05, 0) is 53.4 Å². The van der Waals surface area contributed by atoms with Crippen LogP contribution >= 0.6 is 0 Å². The number of benzene rings is 3. The van der Waals surface area contributed by atoms with Crippen LogP contribution in [-0.4, -0.2) is 53.7 Å². The average Bonchev–Trinajstić information content (AvgIpc) is 3.31. The van der Waals surface area contributed by atoms with Gasteiger partial charge in [0.25, 0.3) is 6.01 Å². The number of aliphatic imine (C=N–C) groups is 1. The standard InChI is InChI=1S/C28H29N5O5/c34-25(33-27-29-12-4-13-30-27)7-3-14-37-21-10-8-18(9-11-21)15-23(26(35)36)32-28-31-22-16-19-5-1-2-6-20(19)17-24(22)38-28/h1-2,5-6,8-11,16-17,23H,3-4,7,12-15H2,(H,31,32)(H,35,36)(H2,29,30,33,34)/t23-/m0/s1. The van der Waals surface area contributed by atoms with E-state index in [1.807, 2.05) is 48.5 Å². The average molecular weight is 516 g/mol. The summed E-state index contributed by atoms with van der Waals surface area (Å²) in [5.74, 6) is 0.0804. The molecule has 3 aromatic carbocycles. The molecule has 5 rings (SSSR count). The van der Waals surface area contributed by atoms with Crippen molar-refractivity contribution >= 4 is 45.7 Å². The van der Waals surface area contributed by atoms with Crippen molar-refractivity contribution in [1.29, 1.82) is 0 Å². The topological polar surface area (TPSA) is 138 Å². The van der Waals surface area contributed by atoms with Crippen LogP contribution in [0.25, 0.3) is 21.9 Å². The Labute approximate surface area is 219 Å². The molecule has 0 saturated heterocycles. The Kier molecular flexibility index (Phi) is 7.67. The monoisotopic (exact) mass is 515 g/mol. The zero-order valence-corrected chi connectivity index (χ0v) is 20.8. The first kappa shape index (κ1) is 25.1. The normalized spacial score (nSPS) is 13.9. The summed E-state index contributed by atoms with van der Waals surface area (Å²) < 4.78 is 11.5.